The second kappa shape index (κ2) is 13.9. The molecule has 0 spiro atoms. The van der Waals surface area contributed by atoms with E-state index in [0.717, 1.165) is 8.92 Å². The number of carbonyl (C=O) groups excluding carboxylic acids is 4. The van der Waals surface area contributed by atoms with Gasteiger partial charge in [-0.25, -0.2) is 0 Å². The number of rotatable bonds is 11. The van der Waals surface area contributed by atoms with Crippen LogP contribution in [0.4, 0.5) is 0 Å². The average Bonchev–Trinajstić information content (AvgIpc) is 2.83. The molecule has 10 heteroatoms. The molecular weight excluding hydrogens is 574 g/mol. The zero-order valence-electron chi connectivity index (χ0n) is 19.3. The maximum atomic E-state index is 12.7. The minimum atomic E-state index is -1.02. The standard InChI is InChI=1S/C24H26O8Se2/c1-5-29-21(25)15(3)31-23(27)17-11-7-9-13-19(17)33-34-20-14-10-8-12-18(20)24(28)32-16(4)22(26)30-6-2/h7-16H,5-6H2,1-4H3/t15-,16-/m0/s1. The van der Waals surface area contributed by atoms with E-state index in [2.05, 4.69) is 0 Å². The Morgan fingerprint density at radius 3 is 1.38 bits per heavy atom. The first-order valence-electron chi connectivity index (χ1n) is 10.6. The number of benzene rings is 2. The van der Waals surface area contributed by atoms with E-state index in [9.17, 15) is 19.2 Å². The van der Waals surface area contributed by atoms with Crippen molar-refractivity contribution in [1.82, 2.24) is 0 Å². The number of hydrogen-bond donors (Lipinski definition) is 0. The van der Waals surface area contributed by atoms with Gasteiger partial charge in [-0.3, -0.25) is 0 Å². The molecule has 0 saturated carbocycles. The number of ether oxygens (including phenoxy) is 4. The van der Waals surface area contributed by atoms with Gasteiger partial charge in [0.2, 0.25) is 0 Å². The minimum absolute atomic E-state index is 0.182. The van der Waals surface area contributed by atoms with Crippen LogP contribution in [-0.4, -0.2) is 75.6 Å². The van der Waals surface area contributed by atoms with Crippen LogP contribution in [0, 0.1) is 0 Å². The van der Waals surface area contributed by atoms with Gasteiger partial charge in [0.25, 0.3) is 0 Å². The molecular formula is C24H26O8Se2. The monoisotopic (exact) mass is 602 g/mol. The van der Waals surface area contributed by atoms with E-state index in [4.69, 9.17) is 18.9 Å². The Morgan fingerprint density at radius 1 is 0.676 bits per heavy atom. The van der Waals surface area contributed by atoms with Crippen molar-refractivity contribution in [2.75, 3.05) is 13.2 Å². The predicted octanol–water partition coefficient (Wildman–Crippen LogP) is 1.18. The molecule has 8 nitrogen and oxygen atoms in total. The Balaban J connectivity index is 2.12. The van der Waals surface area contributed by atoms with Gasteiger partial charge in [-0.2, -0.15) is 0 Å². The Morgan fingerprint density at radius 2 is 1.03 bits per heavy atom. The Labute approximate surface area is 209 Å². The molecule has 0 aromatic heterocycles. The molecule has 0 aliphatic rings. The summed E-state index contributed by atoms with van der Waals surface area (Å²) in [6.45, 7) is 6.68. The predicted molar refractivity (Wildman–Crippen MR) is 127 cm³/mol. The van der Waals surface area contributed by atoms with E-state index in [0.29, 0.717) is 11.1 Å². The van der Waals surface area contributed by atoms with E-state index in [1.165, 1.54) is 13.8 Å². The summed E-state index contributed by atoms with van der Waals surface area (Å²) in [4.78, 5) is 49.0. The van der Waals surface area contributed by atoms with Crippen LogP contribution in [0.15, 0.2) is 48.5 Å². The first kappa shape index (κ1) is 27.6. The van der Waals surface area contributed by atoms with Crippen LogP contribution in [0.25, 0.3) is 0 Å². The first-order valence-corrected chi connectivity index (χ1v) is 16.6. The van der Waals surface area contributed by atoms with E-state index < -0.39 is 36.1 Å². The summed E-state index contributed by atoms with van der Waals surface area (Å²) >= 11 is -0.363. The van der Waals surface area contributed by atoms with Crippen molar-refractivity contribution in [2.24, 2.45) is 0 Å². The van der Waals surface area contributed by atoms with Crippen LogP contribution in [0.2, 0.25) is 0 Å². The summed E-state index contributed by atoms with van der Waals surface area (Å²) in [5, 5.41) is 0. The van der Waals surface area contributed by atoms with Crippen LogP contribution in [0.5, 0.6) is 0 Å². The molecule has 0 amide bonds. The van der Waals surface area contributed by atoms with Gasteiger partial charge in [-0.1, -0.05) is 0 Å². The van der Waals surface area contributed by atoms with Crippen LogP contribution >= 0.6 is 0 Å². The van der Waals surface area contributed by atoms with Crippen molar-refractivity contribution in [3.63, 3.8) is 0 Å². The molecule has 0 N–H and O–H groups in total. The van der Waals surface area contributed by atoms with Gasteiger partial charge in [0.1, 0.15) is 0 Å². The molecule has 0 radical (unpaired) electrons. The molecule has 2 rings (SSSR count). The summed E-state index contributed by atoms with van der Waals surface area (Å²) in [5.74, 6) is -2.42. The SMILES string of the molecule is CCOC(=O)[C@H](C)OC(=O)c1ccccc1[Se][Se]c1ccccc1C(=O)O[C@@H](C)C(=O)OCC. The number of hydrogen-bond acceptors (Lipinski definition) is 8. The first-order chi connectivity index (χ1) is 16.3. The van der Waals surface area contributed by atoms with E-state index in [-0.39, 0.29) is 39.5 Å². The van der Waals surface area contributed by atoms with E-state index >= 15 is 0 Å². The quantitative estimate of drug-likeness (QED) is 0.215. The summed E-state index contributed by atoms with van der Waals surface area (Å²) < 4.78 is 21.9. The van der Waals surface area contributed by atoms with Crippen molar-refractivity contribution in [3.8, 4) is 0 Å². The van der Waals surface area contributed by atoms with Gasteiger partial charge in [-0.15, -0.1) is 0 Å². The fraction of sp³-hybridized carbons (Fsp3) is 0.333. The molecule has 34 heavy (non-hydrogen) atoms. The second-order valence-electron chi connectivity index (χ2n) is 6.76. The second-order valence-corrected chi connectivity index (χ2v) is 12.9. The van der Waals surface area contributed by atoms with Crippen molar-refractivity contribution >= 4 is 59.1 Å². The van der Waals surface area contributed by atoms with Crippen LogP contribution in [0.1, 0.15) is 48.4 Å². The molecule has 0 saturated heterocycles. The fourth-order valence-corrected chi connectivity index (χ4v) is 9.65. The Hall–Kier alpha value is -2.64. The molecule has 0 bridgehead atoms. The third-order valence-electron chi connectivity index (χ3n) is 4.24. The molecule has 0 aliphatic heterocycles. The molecule has 0 fully saturated rings. The third-order valence-corrected chi connectivity index (χ3v) is 11.5. The number of carbonyl (C=O) groups is 4. The van der Waals surface area contributed by atoms with Crippen molar-refractivity contribution in [2.45, 2.75) is 39.9 Å². The zero-order chi connectivity index (χ0) is 25.1. The molecule has 2 aromatic carbocycles. The molecule has 0 unspecified atom stereocenters. The van der Waals surface area contributed by atoms with Gasteiger partial charge in [0.15, 0.2) is 0 Å². The van der Waals surface area contributed by atoms with Gasteiger partial charge in [-0.05, 0) is 0 Å². The fourth-order valence-electron chi connectivity index (χ4n) is 2.57. The van der Waals surface area contributed by atoms with Gasteiger partial charge in [0.05, 0.1) is 0 Å². The Bertz CT molecular complexity index is 942. The summed E-state index contributed by atoms with van der Waals surface area (Å²) in [7, 11) is 0. The van der Waals surface area contributed by atoms with Crippen molar-refractivity contribution in [3.05, 3.63) is 59.7 Å². The average molecular weight is 600 g/mol. The molecule has 2 aromatic rings. The topological polar surface area (TPSA) is 105 Å². The van der Waals surface area contributed by atoms with E-state index in [1.807, 2.05) is 24.3 Å². The molecule has 182 valence electrons. The molecule has 0 aliphatic carbocycles. The van der Waals surface area contributed by atoms with Crippen LogP contribution in [0.3, 0.4) is 0 Å². The van der Waals surface area contributed by atoms with Crippen LogP contribution < -0.4 is 8.92 Å². The van der Waals surface area contributed by atoms with Gasteiger partial charge < -0.3 is 0 Å². The van der Waals surface area contributed by atoms with Gasteiger partial charge >= 0.3 is 210 Å². The normalized spacial score (nSPS) is 12.2. The molecule has 0 heterocycles. The Kier molecular flexibility index (Phi) is 11.3. The van der Waals surface area contributed by atoms with E-state index in [1.54, 1.807) is 38.1 Å². The molecule has 2 atom stereocenters. The van der Waals surface area contributed by atoms with Crippen LogP contribution in [-0.2, 0) is 28.5 Å². The maximum absolute atomic E-state index is 12.7. The van der Waals surface area contributed by atoms with Crippen molar-refractivity contribution < 1.29 is 38.1 Å². The van der Waals surface area contributed by atoms with Crippen molar-refractivity contribution in [1.29, 1.82) is 0 Å². The summed E-state index contributed by atoms with van der Waals surface area (Å²) in [6.07, 6.45) is -2.04. The van der Waals surface area contributed by atoms with Gasteiger partial charge in [0, 0.05) is 0 Å². The summed E-state index contributed by atoms with van der Waals surface area (Å²) in [6, 6.07) is 14.0. The number of esters is 4. The summed E-state index contributed by atoms with van der Waals surface area (Å²) in [5.41, 5.74) is 0.744. The third kappa shape index (κ3) is 7.99. The zero-order valence-corrected chi connectivity index (χ0v) is 22.7.